The van der Waals surface area contributed by atoms with Crippen LogP contribution in [0, 0.1) is 0 Å². The van der Waals surface area contributed by atoms with E-state index in [1.54, 1.807) is 20.8 Å². The number of hydrogen-bond acceptors (Lipinski definition) is 6. The SMILES string of the molecule is CCOC(=O)CO[C@H]1C[C@@H](NC(=O)O)[C@@H]2OC(C)(C)O[C@@H]21. The minimum absolute atomic E-state index is 0.189. The molecule has 4 atom stereocenters. The molecule has 0 aromatic carbocycles. The van der Waals surface area contributed by atoms with E-state index in [2.05, 4.69) is 5.32 Å². The summed E-state index contributed by atoms with van der Waals surface area (Å²) in [4.78, 5) is 22.2. The average Bonchev–Trinajstić information content (AvgIpc) is 2.82. The van der Waals surface area contributed by atoms with Crippen molar-refractivity contribution in [2.75, 3.05) is 13.2 Å². The Labute approximate surface area is 122 Å². The highest BCUT2D eigenvalue weighted by Gasteiger charge is 2.55. The molecule has 21 heavy (non-hydrogen) atoms. The standard InChI is InChI=1S/C13H21NO7/c1-4-18-9(15)6-19-8-5-7(14-12(16)17)10-11(8)21-13(2,3)20-10/h7-8,10-11,14H,4-6H2,1-3H3,(H,16,17)/t7-,8+,10+,11-/m1/s1. The van der Waals surface area contributed by atoms with Crippen molar-refractivity contribution in [3.63, 3.8) is 0 Å². The van der Waals surface area contributed by atoms with Gasteiger partial charge in [0.1, 0.15) is 18.8 Å². The highest BCUT2D eigenvalue weighted by molar-refractivity contribution is 5.70. The summed E-state index contributed by atoms with van der Waals surface area (Å²) in [6.45, 7) is 5.32. The maximum atomic E-state index is 11.3. The van der Waals surface area contributed by atoms with Gasteiger partial charge in [-0.05, 0) is 27.2 Å². The Morgan fingerprint density at radius 3 is 2.62 bits per heavy atom. The first-order valence-electron chi connectivity index (χ1n) is 6.94. The van der Waals surface area contributed by atoms with E-state index in [0.717, 1.165) is 0 Å². The molecule has 8 nitrogen and oxygen atoms in total. The van der Waals surface area contributed by atoms with Gasteiger partial charge in [0.05, 0.1) is 18.8 Å². The van der Waals surface area contributed by atoms with Gasteiger partial charge in [-0.1, -0.05) is 0 Å². The lowest BCUT2D eigenvalue weighted by Crippen LogP contribution is -2.42. The Kier molecular flexibility index (Phi) is 4.70. The molecule has 0 aromatic rings. The lowest BCUT2D eigenvalue weighted by atomic mass is 10.2. The summed E-state index contributed by atoms with van der Waals surface area (Å²) in [5, 5.41) is 11.3. The number of carboxylic acid groups (broad SMARTS) is 1. The molecule has 0 unspecified atom stereocenters. The molecular formula is C13H21NO7. The van der Waals surface area contributed by atoms with Crippen LogP contribution in [-0.2, 0) is 23.7 Å². The van der Waals surface area contributed by atoms with E-state index < -0.39 is 42.2 Å². The zero-order valence-corrected chi connectivity index (χ0v) is 12.3. The second-order valence-corrected chi connectivity index (χ2v) is 5.51. The molecular weight excluding hydrogens is 282 g/mol. The second kappa shape index (κ2) is 6.17. The van der Waals surface area contributed by atoms with Gasteiger partial charge in [0, 0.05) is 0 Å². The van der Waals surface area contributed by atoms with Gasteiger partial charge in [-0.3, -0.25) is 0 Å². The maximum Gasteiger partial charge on any atom is 0.404 e. The molecule has 1 aliphatic carbocycles. The Morgan fingerprint density at radius 2 is 2.00 bits per heavy atom. The molecule has 1 aliphatic heterocycles. The molecule has 0 aromatic heterocycles. The number of carbonyl (C=O) groups is 2. The Balaban J connectivity index is 1.98. The van der Waals surface area contributed by atoms with Gasteiger partial charge in [-0.15, -0.1) is 0 Å². The fourth-order valence-electron chi connectivity index (χ4n) is 2.77. The molecule has 120 valence electrons. The molecule has 1 heterocycles. The van der Waals surface area contributed by atoms with Crippen molar-refractivity contribution >= 4 is 12.1 Å². The van der Waals surface area contributed by atoms with Crippen molar-refractivity contribution in [1.29, 1.82) is 0 Å². The van der Waals surface area contributed by atoms with Crippen LogP contribution in [0.5, 0.6) is 0 Å². The van der Waals surface area contributed by atoms with Crippen LogP contribution >= 0.6 is 0 Å². The van der Waals surface area contributed by atoms with Gasteiger partial charge in [0.2, 0.25) is 0 Å². The number of nitrogens with one attached hydrogen (secondary N) is 1. The highest BCUT2D eigenvalue weighted by Crippen LogP contribution is 2.39. The smallest absolute Gasteiger partial charge is 0.404 e. The zero-order valence-electron chi connectivity index (χ0n) is 12.3. The quantitative estimate of drug-likeness (QED) is 0.712. The van der Waals surface area contributed by atoms with Crippen LogP contribution in [0.2, 0.25) is 0 Å². The first-order chi connectivity index (χ1) is 9.82. The average molecular weight is 303 g/mol. The summed E-state index contributed by atoms with van der Waals surface area (Å²) in [7, 11) is 0. The molecule has 0 bridgehead atoms. The Bertz CT molecular complexity index is 411. The second-order valence-electron chi connectivity index (χ2n) is 5.51. The molecule has 2 rings (SSSR count). The summed E-state index contributed by atoms with van der Waals surface area (Å²) < 4.78 is 21.8. The van der Waals surface area contributed by atoms with Gasteiger partial charge in [-0.2, -0.15) is 0 Å². The van der Waals surface area contributed by atoms with Gasteiger partial charge < -0.3 is 29.4 Å². The third-order valence-corrected chi connectivity index (χ3v) is 3.44. The summed E-state index contributed by atoms with van der Waals surface area (Å²) in [5.41, 5.74) is 0. The zero-order chi connectivity index (χ0) is 15.6. The lowest BCUT2D eigenvalue weighted by Gasteiger charge is -2.23. The minimum atomic E-state index is -1.13. The molecule has 8 heteroatoms. The number of rotatable bonds is 5. The molecule has 0 spiro atoms. The van der Waals surface area contributed by atoms with Crippen molar-refractivity contribution in [1.82, 2.24) is 5.32 Å². The predicted octanol–water partition coefficient (Wildman–Crippen LogP) is 0.495. The fourth-order valence-corrected chi connectivity index (χ4v) is 2.77. The van der Waals surface area contributed by atoms with E-state index in [0.29, 0.717) is 6.42 Å². The minimum Gasteiger partial charge on any atom is -0.465 e. The Hall–Kier alpha value is -1.38. The number of hydrogen-bond donors (Lipinski definition) is 2. The number of ether oxygens (including phenoxy) is 4. The molecule has 0 radical (unpaired) electrons. The third kappa shape index (κ3) is 3.84. The topological polar surface area (TPSA) is 103 Å². The van der Waals surface area contributed by atoms with Crippen LogP contribution in [0.15, 0.2) is 0 Å². The van der Waals surface area contributed by atoms with Crippen LogP contribution in [0.4, 0.5) is 4.79 Å². The van der Waals surface area contributed by atoms with E-state index >= 15 is 0 Å². The number of carbonyl (C=O) groups excluding carboxylic acids is 1. The van der Waals surface area contributed by atoms with Crippen molar-refractivity contribution < 1.29 is 33.6 Å². The first kappa shape index (κ1) is 16.0. The van der Waals surface area contributed by atoms with E-state index in [9.17, 15) is 9.59 Å². The van der Waals surface area contributed by atoms with Crippen molar-refractivity contribution in [3.05, 3.63) is 0 Å². The summed E-state index contributed by atoms with van der Waals surface area (Å²) in [6, 6.07) is -0.429. The highest BCUT2D eigenvalue weighted by atomic mass is 16.8. The molecule has 2 N–H and O–H groups in total. The normalized spacial score (nSPS) is 33.5. The first-order valence-corrected chi connectivity index (χ1v) is 6.94. The van der Waals surface area contributed by atoms with Gasteiger partial charge >= 0.3 is 12.1 Å². The molecule has 1 saturated heterocycles. The third-order valence-electron chi connectivity index (χ3n) is 3.44. The van der Waals surface area contributed by atoms with Gasteiger partial charge in [-0.25, -0.2) is 9.59 Å². The number of fused-ring (bicyclic) bond motifs is 1. The van der Waals surface area contributed by atoms with Crippen molar-refractivity contribution in [3.8, 4) is 0 Å². The fraction of sp³-hybridized carbons (Fsp3) is 0.846. The molecule has 1 amide bonds. The lowest BCUT2D eigenvalue weighted by molar-refractivity contribution is -0.172. The van der Waals surface area contributed by atoms with Crippen LogP contribution in [0.25, 0.3) is 0 Å². The van der Waals surface area contributed by atoms with E-state index in [1.165, 1.54) is 0 Å². The van der Waals surface area contributed by atoms with E-state index in [-0.39, 0.29) is 13.2 Å². The van der Waals surface area contributed by atoms with Crippen molar-refractivity contribution in [2.45, 2.75) is 57.3 Å². The summed E-state index contributed by atoms with van der Waals surface area (Å²) >= 11 is 0. The van der Waals surface area contributed by atoms with Crippen LogP contribution in [0.3, 0.4) is 0 Å². The van der Waals surface area contributed by atoms with Crippen LogP contribution < -0.4 is 5.32 Å². The predicted molar refractivity (Wildman–Crippen MR) is 69.8 cm³/mol. The van der Waals surface area contributed by atoms with E-state index in [1.807, 2.05) is 0 Å². The largest absolute Gasteiger partial charge is 0.465 e. The summed E-state index contributed by atoms with van der Waals surface area (Å²) in [6.07, 6.45) is -2.00. The molecule has 2 aliphatic rings. The molecule has 2 fully saturated rings. The van der Waals surface area contributed by atoms with Gasteiger partial charge in [0.15, 0.2) is 5.79 Å². The van der Waals surface area contributed by atoms with Gasteiger partial charge in [0.25, 0.3) is 0 Å². The summed E-state index contributed by atoms with van der Waals surface area (Å²) in [5.74, 6) is -1.26. The maximum absolute atomic E-state index is 11.3. The number of amides is 1. The molecule has 1 saturated carbocycles. The van der Waals surface area contributed by atoms with Crippen molar-refractivity contribution in [2.24, 2.45) is 0 Å². The van der Waals surface area contributed by atoms with E-state index in [4.69, 9.17) is 24.1 Å². The van der Waals surface area contributed by atoms with Crippen LogP contribution in [0.1, 0.15) is 27.2 Å². The number of esters is 1. The monoisotopic (exact) mass is 303 g/mol. The Morgan fingerprint density at radius 1 is 1.33 bits per heavy atom. The van der Waals surface area contributed by atoms with Crippen LogP contribution in [-0.4, -0.2) is 60.5 Å².